The van der Waals surface area contributed by atoms with E-state index in [1.807, 2.05) is 47.4 Å². The predicted molar refractivity (Wildman–Crippen MR) is 128 cm³/mol. The van der Waals surface area contributed by atoms with Crippen LogP contribution in [0.5, 0.6) is 0 Å². The van der Waals surface area contributed by atoms with Crippen LogP contribution in [0.3, 0.4) is 0 Å². The van der Waals surface area contributed by atoms with Crippen LogP contribution in [0.25, 0.3) is 0 Å². The number of fused-ring (bicyclic) bond motifs is 1. The van der Waals surface area contributed by atoms with Crippen molar-refractivity contribution in [2.75, 3.05) is 25.4 Å². The molecule has 0 unspecified atom stereocenters. The van der Waals surface area contributed by atoms with Crippen molar-refractivity contribution in [3.8, 4) is 0 Å². The first-order valence-corrected chi connectivity index (χ1v) is 13.3. The van der Waals surface area contributed by atoms with E-state index in [0.29, 0.717) is 18.4 Å². The van der Waals surface area contributed by atoms with Crippen LogP contribution < -0.4 is 0 Å². The van der Waals surface area contributed by atoms with Gasteiger partial charge in [-0.15, -0.1) is 0 Å². The predicted octanol–water partition coefficient (Wildman–Crippen LogP) is 3.53. The topological polar surface area (TPSA) is 95.0 Å². The number of sulfone groups is 1. The molecule has 1 amide bonds. The summed E-state index contributed by atoms with van der Waals surface area (Å²) in [5.74, 6) is -2.75. The molecule has 11 heteroatoms. The third-order valence-electron chi connectivity index (χ3n) is 6.56. The number of benzene rings is 2. The Morgan fingerprint density at radius 1 is 0.972 bits per heavy atom. The molecule has 0 radical (unpaired) electrons. The molecule has 2 aliphatic heterocycles. The van der Waals surface area contributed by atoms with E-state index < -0.39 is 27.2 Å². The first kappa shape index (κ1) is 27.7. The molecule has 2 aromatic rings. The van der Waals surface area contributed by atoms with Crippen molar-refractivity contribution in [1.82, 2.24) is 9.80 Å². The molecule has 0 spiro atoms. The van der Waals surface area contributed by atoms with Crippen molar-refractivity contribution >= 4 is 21.7 Å². The van der Waals surface area contributed by atoms with E-state index in [2.05, 4.69) is 24.0 Å². The van der Waals surface area contributed by atoms with Crippen molar-refractivity contribution in [1.29, 1.82) is 0 Å². The monoisotopic (exact) mass is 526 g/mol. The molecule has 0 bridgehead atoms. The second-order valence-corrected chi connectivity index (χ2v) is 11.3. The fourth-order valence-electron chi connectivity index (χ4n) is 4.62. The Bertz CT molecular complexity index is 1170. The van der Waals surface area contributed by atoms with Gasteiger partial charge in [-0.25, -0.2) is 13.2 Å². The summed E-state index contributed by atoms with van der Waals surface area (Å²) in [7, 11) is -3.18. The molecule has 2 heterocycles. The van der Waals surface area contributed by atoms with Crippen LogP contribution in [0, 0.1) is 6.92 Å². The number of halogens is 3. The molecular weight excluding hydrogens is 497 g/mol. The second-order valence-electron chi connectivity index (χ2n) is 8.92. The van der Waals surface area contributed by atoms with Crippen molar-refractivity contribution in [3.63, 3.8) is 0 Å². The lowest BCUT2D eigenvalue weighted by Crippen LogP contribution is -2.56. The highest BCUT2D eigenvalue weighted by Gasteiger charge is 2.44. The Labute approximate surface area is 208 Å². The molecule has 0 saturated carbocycles. The van der Waals surface area contributed by atoms with Gasteiger partial charge in [-0.1, -0.05) is 42.5 Å². The van der Waals surface area contributed by atoms with Crippen LogP contribution in [0.1, 0.15) is 34.3 Å². The fourth-order valence-corrected chi connectivity index (χ4v) is 6.60. The highest BCUT2D eigenvalue weighted by Crippen LogP contribution is 2.30. The minimum absolute atomic E-state index is 0.0529. The SMILES string of the molecule is Cc1ccccc1CN1CC[C@@H]2[C@H](CC1)N(C(=O)c1ccccc1)CCS2(=O)=O.O=C(O)C(F)(F)F. The van der Waals surface area contributed by atoms with Gasteiger partial charge in [0.15, 0.2) is 9.84 Å². The van der Waals surface area contributed by atoms with E-state index in [0.717, 1.165) is 19.6 Å². The maximum atomic E-state index is 13.1. The van der Waals surface area contributed by atoms with E-state index >= 15 is 0 Å². The number of rotatable bonds is 3. The molecule has 2 atom stereocenters. The molecule has 1 N–H and O–H groups in total. The number of carboxylic acids is 1. The van der Waals surface area contributed by atoms with Gasteiger partial charge in [0.1, 0.15) is 0 Å². The molecule has 36 heavy (non-hydrogen) atoms. The van der Waals surface area contributed by atoms with Gasteiger partial charge in [-0.05, 0) is 49.6 Å². The van der Waals surface area contributed by atoms with Crippen LogP contribution in [0.15, 0.2) is 54.6 Å². The number of aliphatic carboxylic acids is 1. The second kappa shape index (κ2) is 11.4. The average Bonchev–Trinajstić information content (AvgIpc) is 3.04. The number of carboxylic acid groups (broad SMARTS) is 1. The molecule has 7 nitrogen and oxygen atoms in total. The number of hydrogen-bond donors (Lipinski definition) is 1. The number of nitrogens with zero attached hydrogens (tertiary/aromatic N) is 2. The zero-order valence-electron chi connectivity index (χ0n) is 19.8. The first-order valence-electron chi connectivity index (χ1n) is 11.5. The summed E-state index contributed by atoms with van der Waals surface area (Å²) in [6.45, 7) is 4.75. The number of carbonyl (C=O) groups is 2. The largest absolute Gasteiger partial charge is 0.490 e. The van der Waals surface area contributed by atoms with E-state index in [1.54, 1.807) is 0 Å². The van der Waals surface area contributed by atoms with Crippen molar-refractivity contribution in [2.45, 2.75) is 43.8 Å². The number of amides is 1. The first-order chi connectivity index (χ1) is 16.9. The molecule has 0 aliphatic carbocycles. The van der Waals surface area contributed by atoms with Gasteiger partial charge in [0.2, 0.25) is 0 Å². The lowest BCUT2D eigenvalue weighted by Gasteiger charge is -2.40. The van der Waals surface area contributed by atoms with Crippen LogP contribution in [-0.4, -0.2) is 78.1 Å². The van der Waals surface area contributed by atoms with Crippen LogP contribution in [-0.2, 0) is 21.2 Å². The van der Waals surface area contributed by atoms with E-state index in [1.165, 1.54) is 11.1 Å². The Morgan fingerprint density at radius 2 is 1.56 bits per heavy atom. The molecule has 2 saturated heterocycles. The zero-order chi connectivity index (χ0) is 26.5. The quantitative estimate of drug-likeness (QED) is 0.658. The summed E-state index contributed by atoms with van der Waals surface area (Å²) in [4.78, 5) is 26.2. The summed E-state index contributed by atoms with van der Waals surface area (Å²) in [6, 6.07) is 17.3. The molecule has 4 rings (SSSR count). The lowest BCUT2D eigenvalue weighted by molar-refractivity contribution is -0.192. The Morgan fingerprint density at radius 3 is 2.17 bits per heavy atom. The normalized spacial score (nSPS) is 21.9. The molecule has 2 fully saturated rings. The summed E-state index contributed by atoms with van der Waals surface area (Å²) >= 11 is 0. The lowest BCUT2D eigenvalue weighted by atomic mass is 10.0. The number of alkyl halides is 3. The van der Waals surface area contributed by atoms with E-state index in [-0.39, 0.29) is 24.2 Å². The standard InChI is InChI=1S/C23H28N2O3S.C2HF3O2/c1-18-7-5-6-10-20(18)17-24-13-11-21-22(12-14-24)29(27,28)16-15-25(21)23(26)19-8-3-2-4-9-19;3-2(4,5)1(6)7/h2-10,21-22H,11-17H2,1H3;(H,6,7)/t21-,22+;/m0./s1. The fraction of sp³-hybridized carbons (Fsp3) is 0.440. The van der Waals surface area contributed by atoms with Gasteiger partial charge in [-0.2, -0.15) is 13.2 Å². The molecular formula is C25H29F3N2O5S. The molecule has 0 aromatic heterocycles. The van der Waals surface area contributed by atoms with E-state index in [4.69, 9.17) is 9.90 Å². The number of hydrogen-bond acceptors (Lipinski definition) is 5. The van der Waals surface area contributed by atoms with Crippen molar-refractivity contribution in [3.05, 3.63) is 71.3 Å². The summed E-state index contributed by atoms with van der Waals surface area (Å²) in [5, 5.41) is 6.66. The summed E-state index contributed by atoms with van der Waals surface area (Å²) in [5.41, 5.74) is 3.16. The van der Waals surface area contributed by atoms with Gasteiger partial charge in [-0.3, -0.25) is 9.69 Å². The van der Waals surface area contributed by atoms with Crippen molar-refractivity contribution in [2.24, 2.45) is 0 Å². The van der Waals surface area contributed by atoms with Gasteiger partial charge in [0.25, 0.3) is 5.91 Å². The van der Waals surface area contributed by atoms with Crippen LogP contribution in [0.2, 0.25) is 0 Å². The molecule has 2 aromatic carbocycles. The minimum Gasteiger partial charge on any atom is -0.475 e. The van der Waals surface area contributed by atoms with Crippen LogP contribution in [0.4, 0.5) is 13.2 Å². The molecule has 196 valence electrons. The van der Waals surface area contributed by atoms with Gasteiger partial charge in [0.05, 0.1) is 17.0 Å². The zero-order valence-corrected chi connectivity index (χ0v) is 20.6. The highest BCUT2D eigenvalue weighted by molar-refractivity contribution is 7.92. The maximum Gasteiger partial charge on any atom is 0.490 e. The van der Waals surface area contributed by atoms with Crippen molar-refractivity contribution < 1.29 is 36.3 Å². The minimum atomic E-state index is -5.08. The third-order valence-corrected chi connectivity index (χ3v) is 8.78. The smallest absolute Gasteiger partial charge is 0.475 e. The Hall–Kier alpha value is -2.92. The Kier molecular flexibility index (Phi) is 8.78. The average molecular weight is 527 g/mol. The summed E-state index contributed by atoms with van der Waals surface area (Å²) < 4.78 is 57.4. The number of likely N-dealkylation sites (tertiary alicyclic amines) is 1. The van der Waals surface area contributed by atoms with Gasteiger partial charge in [0, 0.05) is 25.2 Å². The Balaban J connectivity index is 0.000000454. The summed E-state index contributed by atoms with van der Waals surface area (Å²) in [6.07, 6.45) is -3.81. The van der Waals surface area contributed by atoms with E-state index in [9.17, 15) is 26.4 Å². The number of aryl methyl sites for hydroxylation is 1. The third kappa shape index (κ3) is 6.85. The van der Waals surface area contributed by atoms with Gasteiger partial charge >= 0.3 is 12.1 Å². The maximum absolute atomic E-state index is 13.1. The highest BCUT2D eigenvalue weighted by atomic mass is 32.2. The van der Waals surface area contributed by atoms with Crippen LogP contribution >= 0.6 is 0 Å². The van der Waals surface area contributed by atoms with Gasteiger partial charge < -0.3 is 10.0 Å². The number of carbonyl (C=O) groups excluding carboxylic acids is 1. The molecule has 2 aliphatic rings.